The molecule has 7 heteroatoms. The summed E-state index contributed by atoms with van der Waals surface area (Å²) in [4.78, 5) is 41.7. The number of carbonyl (C=O) groups excluding carboxylic acids is 3. The number of rotatable bonds is 5. The molecule has 0 saturated carbocycles. The third kappa shape index (κ3) is 5.21. The number of amides is 4. The van der Waals surface area contributed by atoms with E-state index in [1.54, 1.807) is 19.0 Å². The second-order valence-electron chi connectivity index (χ2n) is 6.71. The van der Waals surface area contributed by atoms with Crippen LogP contribution in [0.3, 0.4) is 0 Å². The van der Waals surface area contributed by atoms with Crippen LogP contribution in [0.15, 0.2) is 30.3 Å². The van der Waals surface area contributed by atoms with Crippen LogP contribution in [0.4, 0.5) is 4.79 Å². The molecule has 1 saturated heterocycles. The average molecular weight is 360 g/mol. The summed E-state index contributed by atoms with van der Waals surface area (Å²) in [7, 11) is 3.25. The Morgan fingerprint density at radius 3 is 2.54 bits per heavy atom. The van der Waals surface area contributed by atoms with E-state index < -0.39 is 0 Å². The Balaban J connectivity index is 2.02. The van der Waals surface area contributed by atoms with Crippen LogP contribution >= 0.6 is 0 Å². The summed E-state index contributed by atoms with van der Waals surface area (Å²) in [6, 6.07) is 9.55. The molecule has 1 aromatic rings. The second kappa shape index (κ2) is 9.22. The number of nitrogens with zero attached hydrogens (tertiary/aromatic N) is 3. The van der Waals surface area contributed by atoms with Gasteiger partial charge in [0.2, 0.25) is 11.8 Å². The highest BCUT2D eigenvalue weighted by Gasteiger charge is 2.30. The quantitative estimate of drug-likeness (QED) is 0.860. The van der Waals surface area contributed by atoms with E-state index in [1.165, 1.54) is 4.90 Å². The fraction of sp³-hybridized carbons (Fsp3) is 0.526. The number of carbonyl (C=O) groups is 3. The SMILES string of the molecule is CC[C@@H]1CN(C(=O)CNC(=O)N(C)C)CCC(=O)N1Cc1ccccc1. The number of urea groups is 1. The van der Waals surface area contributed by atoms with Crippen LogP contribution in [-0.2, 0) is 16.1 Å². The van der Waals surface area contributed by atoms with Crippen LogP contribution in [0, 0.1) is 0 Å². The summed E-state index contributed by atoms with van der Waals surface area (Å²) in [5.41, 5.74) is 1.08. The molecule has 0 bridgehead atoms. The van der Waals surface area contributed by atoms with E-state index in [0.29, 0.717) is 26.1 Å². The van der Waals surface area contributed by atoms with Crippen molar-refractivity contribution in [1.29, 1.82) is 0 Å². The molecule has 7 nitrogen and oxygen atoms in total. The van der Waals surface area contributed by atoms with Gasteiger partial charge in [0.1, 0.15) is 0 Å². The molecule has 142 valence electrons. The van der Waals surface area contributed by atoms with Gasteiger partial charge >= 0.3 is 6.03 Å². The van der Waals surface area contributed by atoms with Crippen molar-refractivity contribution in [2.75, 3.05) is 33.7 Å². The lowest BCUT2D eigenvalue weighted by Crippen LogP contribution is -2.47. The van der Waals surface area contributed by atoms with Gasteiger partial charge in [0.25, 0.3) is 0 Å². The minimum atomic E-state index is -0.304. The topological polar surface area (TPSA) is 73.0 Å². The smallest absolute Gasteiger partial charge is 0.317 e. The first kappa shape index (κ1) is 19.8. The Hall–Kier alpha value is -2.57. The molecule has 4 amide bonds. The van der Waals surface area contributed by atoms with E-state index in [4.69, 9.17) is 0 Å². The van der Waals surface area contributed by atoms with Gasteiger partial charge < -0.3 is 20.0 Å². The molecule has 0 radical (unpaired) electrons. The van der Waals surface area contributed by atoms with Crippen molar-refractivity contribution in [3.8, 4) is 0 Å². The van der Waals surface area contributed by atoms with Crippen LogP contribution in [0.25, 0.3) is 0 Å². The van der Waals surface area contributed by atoms with E-state index in [1.807, 2.05) is 42.2 Å². The lowest BCUT2D eigenvalue weighted by Gasteiger charge is -2.31. The Morgan fingerprint density at radius 1 is 1.23 bits per heavy atom. The molecule has 1 aromatic carbocycles. The van der Waals surface area contributed by atoms with Crippen LogP contribution in [0.5, 0.6) is 0 Å². The molecule has 0 aromatic heterocycles. The van der Waals surface area contributed by atoms with E-state index in [9.17, 15) is 14.4 Å². The van der Waals surface area contributed by atoms with E-state index in [2.05, 4.69) is 5.32 Å². The first-order chi connectivity index (χ1) is 12.4. The maximum atomic E-state index is 12.6. The number of nitrogens with one attached hydrogen (secondary N) is 1. The van der Waals surface area contributed by atoms with Crippen molar-refractivity contribution >= 4 is 17.8 Å². The third-order valence-electron chi connectivity index (χ3n) is 4.60. The van der Waals surface area contributed by atoms with Gasteiger partial charge in [-0.2, -0.15) is 0 Å². The molecule has 1 N–H and O–H groups in total. The predicted molar refractivity (Wildman–Crippen MR) is 99.4 cm³/mol. The highest BCUT2D eigenvalue weighted by molar-refractivity contribution is 5.85. The molecular formula is C19H28N4O3. The third-order valence-corrected chi connectivity index (χ3v) is 4.60. The Morgan fingerprint density at radius 2 is 1.92 bits per heavy atom. The molecule has 1 heterocycles. The zero-order valence-corrected chi connectivity index (χ0v) is 15.8. The molecule has 26 heavy (non-hydrogen) atoms. The van der Waals surface area contributed by atoms with Crippen molar-refractivity contribution in [3.05, 3.63) is 35.9 Å². The van der Waals surface area contributed by atoms with E-state index in [-0.39, 0.29) is 30.4 Å². The van der Waals surface area contributed by atoms with Crippen molar-refractivity contribution in [1.82, 2.24) is 20.0 Å². The number of benzene rings is 1. The lowest BCUT2D eigenvalue weighted by molar-refractivity contribution is -0.133. The molecule has 0 unspecified atom stereocenters. The summed E-state index contributed by atoms with van der Waals surface area (Å²) in [6.45, 7) is 3.40. The lowest BCUT2D eigenvalue weighted by atomic mass is 10.1. The molecule has 1 fully saturated rings. The number of hydrogen-bond donors (Lipinski definition) is 1. The summed E-state index contributed by atoms with van der Waals surface area (Å²) < 4.78 is 0. The molecule has 1 aliphatic heterocycles. The maximum absolute atomic E-state index is 12.6. The van der Waals surface area contributed by atoms with Gasteiger partial charge in [0, 0.05) is 46.2 Å². The monoisotopic (exact) mass is 360 g/mol. The van der Waals surface area contributed by atoms with Crippen molar-refractivity contribution < 1.29 is 14.4 Å². The van der Waals surface area contributed by atoms with E-state index in [0.717, 1.165) is 12.0 Å². The highest BCUT2D eigenvalue weighted by atomic mass is 16.2. The fourth-order valence-electron chi connectivity index (χ4n) is 3.02. The van der Waals surface area contributed by atoms with Crippen LogP contribution in [0.2, 0.25) is 0 Å². The molecule has 1 aliphatic rings. The fourth-order valence-corrected chi connectivity index (χ4v) is 3.02. The standard InChI is InChI=1S/C19H28N4O3/c1-4-16-14-22(18(25)12-20-19(26)21(2)3)11-10-17(24)23(16)13-15-8-6-5-7-9-15/h5-9,16H,4,10-14H2,1-3H3,(H,20,26)/t16-/m1/s1. The molecule has 2 rings (SSSR count). The van der Waals surface area contributed by atoms with Crippen molar-refractivity contribution in [3.63, 3.8) is 0 Å². The summed E-state index contributed by atoms with van der Waals surface area (Å²) in [5.74, 6) is -0.0960. The highest BCUT2D eigenvalue weighted by Crippen LogP contribution is 2.17. The second-order valence-corrected chi connectivity index (χ2v) is 6.71. The minimum Gasteiger partial charge on any atom is -0.339 e. The molecule has 0 spiro atoms. The van der Waals surface area contributed by atoms with Gasteiger partial charge in [-0.25, -0.2) is 4.79 Å². The Labute approximate surface area is 154 Å². The predicted octanol–water partition coefficient (Wildman–Crippen LogP) is 1.30. The van der Waals surface area contributed by atoms with Gasteiger partial charge in [-0.3, -0.25) is 9.59 Å². The maximum Gasteiger partial charge on any atom is 0.317 e. The van der Waals surface area contributed by atoms with Gasteiger partial charge in [-0.15, -0.1) is 0 Å². The van der Waals surface area contributed by atoms with Crippen LogP contribution in [0.1, 0.15) is 25.3 Å². The zero-order chi connectivity index (χ0) is 19.1. The zero-order valence-electron chi connectivity index (χ0n) is 15.8. The van der Waals surface area contributed by atoms with Gasteiger partial charge in [0.15, 0.2) is 0 Å². The average Bonchev–Trinajstić information content (AvgIpc) is 2.79. The van der Waals surface area contributed by atoms with Crippen LogP contribution < -0.4 is 5.32 Å². The Bertz CT molecular complexity index is 633. The molecule has 1 atom stereocenters. The normalized spacial score (nSPS) is 17.7. The van der Waals surface area contributed by atoms with Crippen molar-refractivity contribution in [2.24, 2.45) is 0 Å². The number of hydrogen-bond acceptors (Lipinski definition) is 3. The molecular weight excluding hydrogens is 332 g/mol. The minimum absolute atomic E-state index is 0.0290. The summed E-state index contributed by atoms with van der Waals surface area (Å²) in [5, 5.41) is 2.59. The Kier molecular flexibility index (Phi) is 7.00. The largest absolute Gasteiger partial charge is 0.339 e. The van der Waals surface area contributed by atoms with Crippen LogP contribution in [-0.4, -0.2) is 72.3 Å². The van der Waals surface area contributed by atoms with Gasteiger partial charge in [-0.05, 0) is 12.0 Å². The first-order valence-corrected chi connectivity index (χ1v) is 8.98. The first-order valence-electron chi connectivity index (χ1n) is 8.98. The van der Waals surface area contributed by atoms with Gasteiger partial charge in [0.05, 0.1) is 6.54 Å². The summed E-state index contributed by atoms with van der Waals surface area (Å²) >= 11 is 0. The molecule has 0 aliphatic carbocycles. The van der Waals surface area contributed by atoms with E-state index >= 15 is 0 Å². The van der Waals surface area contributed by atoms with Gasteiger partial charge in [-0.1, -0.05) is 37.3 Å². The van der Waals surface area contributed by atoms with Crippen molar-refractivity contribution in [2.45, 2.75) is 32.4 Å². The summed E-state index contributed by atoms with van der Waals surface area (Å²) in [6.07, 6.45) is 1.07.